The maximum atomic E-state index is 12.2. The summed E-state index contributed by atoms with van der Waals surface area (Å²) in [5.74, 6) is 0.433. The summed E-state index contributed by atoms with van der Waals surface area (Å²) in [6.07, 6.45) is 0.713. The van der Waals surface area contributed by atoms with E-state index in [9.17, 15) is 9.59 Å². The number of aromatic nitrogens is 2. The van der Waals surface area contributed by atoms with E-state index in [1.165, 1.54) is 17.8 Å². The van der Waals surface area contributed by atoms with E-state index >= 15 is 0 Å². The Bertz CT molecular complexity index is 538. The first kappa shape index (κ1) is 16.0. The van der Waals surface area contributed by atoms with Crippen molar-refractivity contribution in [2.75, 3.05) is 38.5 Å². The van der Waals surface area contributed by atoms with E-state index in [2.05, 4.69) is 21.8 Å². The number of carbonyl (C=O) groups is 1. The molecular formula is C14H22N4O2S. The van der Waals surface area contributed by atoms with Crippen molar-refractivity contribution >= 4 is 17.7 Å². The number of aromatic amines is 1. The van der Waals surface area contributed by atoms with Crippen LogP contribution in [0.4, 0.5) is 0 Å². The molecule has 6 nitrogen and oxygen atoms in total. The third-order valence-electron chi connectivity index (χ3n) is 3.64. The summed E-state index contributed by atoms with van der Waals surface area (Å²) in [6, 6.07) is 1.50. The number of piperazine rings is 1. The zero-order valence-corrected chi connectivity index (χ0v) is 13.4. The lowest BCUT2D eigenvalue weighted by molar-refractivity contribution is -0.130. The largest absolute Gasteiger partial charge is 0.339 e. The smallest absolute Gasteiger partial charge is 0.251 e. The Balaban J connectivity index is 1.87. The SMILES string of the molecule is CCc1cc(=O)[nH]c(SCC(=O)N2CCN(CC)CC2)n1. The quantitative estimate of drug-likeness (QED) is 0.637. The van der Waals surface area contributed by atoms with E-state index in [1.807, 2.05) is 11.8 Å². The van der Waals surface area contributed by atoms with Gasteiger partial charge in [0, 0.05) is 37.9 Å². The van der Waals surface area contributed by atoms with Gasteiger partial charge < -0.3 is 14.8 Å². The molecule has 2 rings (SSSR count). The van der Waals surface area contributed by atoms with Crippen LogP contribution >= 0.6 is 11.8 Å². The van der Waals surface area contributed by atoms with Crippen molar-refractivity contribution < 1.29 is 4.79 Å². The molecule has 1 amide bonds. The van der Waals surface area contributed by atoms with Crippen LogP contribution in [0.3, 0.4) is 0 Å². The lowest BCUT2D eigenvalue weighted by Crippen LogP contribution is -2.49. The first-order chi connectivity index (χ1) is 10.1. The summed E-state index contributed by atoms with van der Waals surface area (Å²) in [5.41, 5.74) is 0.596. The number of hydrogen-bond donors (Lipinski definition) is 1. The van der Waals surface area contributed by atoms with Crippen molar-refractivity contribution in [3.63, 3.8) is 0 Å². The number of nitrogens with one attached hydrogen (secondary N) is 1. The highest BCUT2D eigenvalue weighted by Crippen LogP contribution is 2.13. The number of carbonyl (C=O) groups excluding carboxylic acids is 1. The van der Waals surface area contributed by atoms with Crippen molar-refractivity contribution in [2.45, 2.75) is 25.4 Å². The normalized spacial score (nSPS) is 16.2. The number of rotatable bonds is 5. The monoisotopic (exact) mass is 310 g/mol. The minimum Gasteiger partial charge on any atom is -0.339 e. The van der Waals surface area contributed by atoms with Crippen molar-refractivity contribution in [2.24, 2.45) is 0 Å². The summed E-state index contributed by atoms with van der Waals surface area (Å²) < 4.78 is 0. The number of hydrogen-bond acceptors (Lipinski definition) is 5. The predicted molar refractivity (Wildman–Crippen MR) is 83.7 cm³/mol. The van der Waals surface area contributed by atoms with Gasteiger partial charge in [-0.25, -0.2) is 4.98 Å². The van der Waals surface area contributed by atoms with Crippen molar-refractivity contribution in [3.05, 3.63) is 22.1 Å². The van der Waals surface area contributed by atoms with Crippen LogP contribution in [0, 0.1) is 0 Å². The Hall–Kier alpha value is -1.34. The molecular weight excluding hydrogens is 288 g/mol. The van der Waals surface area contributed by atoms with Gasteiger partial charge in [0.05, 0.1) is 5.75 Å². The molecule has 1 fully saturated rings. The minimum atomic E-state index is -0.159. The molecule has 0 spiro atoms. The molecule has 2 heterocycles. The standard InChI is InChI=1S/C14H22N4O2S/c1-3-11-9-12(19)16-14(15-11)21-10-13(20)18-7-5-17(4-2)6-8-18/h9H,3-8,10H2,1-2H3,(H,15,16,19). The molecule has 0 aromatic carbocycles. The molecule has 1 aromatic rings. The molecule has 0 aliphatic carbocycles. The van der Waals surface area contributed by atoms with Crippen LogP contribution in [0.15, 0.2) is 16.0 Å². The minimum absolute atomic E-state index is 0.111. The van der Waals surface area contributed by atoms with Crippen molar-refractivity contribution in [1.29, 1.82) is 0 Å². The van der Waals surface area contributed by atoms with Crippen LogP contribution in [0.1, 0.15) is 19.5 Å². The first-order valence-corrected chi connectivity index (χ1v) is 8.34. The van der Waals surface area contributed by atoms with E-state index in [-0.39, 0.29) is 11.5 Å². The molecule has 21 heavy (non-hydrogen) atoms. The van der Waals surface area contributed by atoms with Crippen molar-refractivity contribution in [1.82, 2.24) is 19.8 Å². The highest BCUT2D eigenvalue weighted by Gasteiger charge is 2.20. The maximum absolute atomic E-state index is 12.2. The van der Waals surface area contributed by atoms with Gasteiger partial charge in [0.1, 0.15) is 0 Å². The lowest BCUT2D eigenvalue weighted by atomic mass is 10.3. The summed E-state index contributed by atoms with van der Waals surface area (Å²) >= 11 is 1.30. The van der Waals surface area contributed by atoms with Gasteiger partial charge in [-0.3, -0.25) is 9.59 Å². The zero-order chi connectivity index (χ0) is 15.2. The number of nitrogens with zero attached hydrogens (tertiary/aromatic N) is 3. The summed E-state index contributed by atoms with van der Waals surface area (Å²) in [5, 5.41) is 0.528. The van der Waals surface area contributed by atoms with Gasteiger partial charge in [-0.2, -0.15) is 0 Å². The second-order valence-corrected chi connectivity index (χ2v) is 5.96. The number of thioether (sulfide) groups is 1. The van der Waals surface area contributed by atoms with Gasteiger partial charge in [-0.1, -0.05) is 25.6 Å². The molecule has 1 aliphatic rings. The zero-order valence-electron chi connectivity index (χ0n) is 12.6. The number of aryl methyl sites for hydroxylation is 1. The molecule has 116 valence electrons. The molecule has 1 aromatic heterocycles. The van der Waals surface area contributed by atoms with Crippen LogP contribution in [0.25, 0.3) is 0 Å². The van der Waals surface area contributed by atoms with Crippen molar-refractivity contribution in [3.8, 4) is 0 Å². The van der Waals surface area contributed by atoms with Gasteiger partial charge in [0.25, 0.3) is 5.56 Å². The highest BCUT2D eigenvalue weighted by atomic mass is 32.2. The second-order valence-electron chi connectivity index (χ2n) is 5.00. The molecule has 1 N–H and O–H groups in total. The van der Waals surface area contributed by atoms with Gasteiger partial charge in [-0.05, 0) is 13.0 Å². The van der Waals surface area contributed by atoms with Gasteiger partial charge in [0.15, 0.2) is 5.16 Å². The molecule has 0 radical (unpaired) electrons. The van der Waals surface area contributed by atoms with E-state index in [0.29, 0.717) is 17.3 Å². The fourth-order valence-electron chi connectivity index (χ4n) is 2.27. The van der Waals surface area contributed by atoms with E-state index in [1.54, 1.807) is 0 Å². The van der Waals surface area contributed by atoms with E-state index < -0.39 is 0 Å². The number of likely N-dealkylation sites (N-methyl/N-ethyl adjacent to an activating group) is 1. The topological polar surface area (TPSA) is 69.3 Å². The number of amides is 1. The Labute approximate surface area is 128 Å². The number of H-pyrrole nitrogens is 1. The lowest BCUT2D eigenvalue weighted by Gasteiger charge is -2.34. The van der Waals surface area contributed by atoms with Gasteiger partial charge in [-0.15, -0.1) is 0 Å². The van der Waals surface area contributed by atoms with E-state index in [0.717, 1.165) is 38.4 Å². The fraction of sp³-hybridized carbons (Fsp3) is 0.643. The average molecular weight is 310 g/mol. The Morgan fingerprint density at radius 3 is 2.67 bits per heavy atom. The Morgan fingerprint density at radius 1 is 1.33 bits per heavy atom. The summed E-state index contributed by atoms with van der Waals surface area (Å²) in [6.45, 7) is 8.56. The highest BCUT2D eigenvalue weighted by molar-refractivity contribution is 7.99. The molecule has 1 saturated heterocycles. The van der Waals surface area contributed by atoms with E-state index in [4.69, 9.17) is 0 Å². The molecule has 0 bridgehead atoms. The molecule has 7 heteroatoms. The molecule has 0 unspecified atom stereocenters. The third-order valence-corrected chi connectivity index (χ3v) is 4.50. The summed E-state index contributed by atoms with van der Waals surface area (Å²) in [7, 11) is 0. The molecule has 0 saturated carbocycles. The van der Waals surface area contributed by atoms with Crippen LogP contribution < -0.4 is 5.56 Å². The Kier molecular flexibility index (Phi) is 5.81. The second kappa shape index (κ2) is 7.61. The van der Waals surface area contributed by atoms with Gasteiger partial charge >= 0.3 is 0 Å². The third kappa shape index (κ3) is 4.57. The van der Waals surface area contributed by atoms with Crippen LogP contribution in [0.5, 0.6) is 0 Å². The maximum Gasteiger partial charge on any atom is 0.251 e. The van der Waals surface area contributed by atoms with Gasteiger partial charge in [0.2, 0.25) is 5.91 Å². The molecule has 0 atom stereocenters. The Morgan fingerprint density at radius 2 is 2.05 bits per heavy atom. The van der Waals surface area contributed by atoms with Crippen LogP contribution in [0.2, 0.25) is 0 Å². The fourth-order valence-corrected chi connectivity index (χ4v) is 3.07. The average Bonchev–Trinajstić information content (AvgIpc) is 2.52. The van der Waals surface area contributed by atoms with Crippen LogP contribution in [-0.4, -0.2) is 64.2 Å². The summed E-state index contributed by atoms with van der Waals surface area (Å²) in [4.78, 5) is 34.9. The predicted octanol–water partition coefficient (Wildman–Crippen LogP) is 0.588. The first-order valence-electron chi connectivity index (χ1n) is 7.35. The molecule has 1 aliphatic heterocycles. The van der Waals surface area contributed by atoms with Crippen LogP contribution in [-0.2, 0) is 11.2 Å².